The molecule has 0 atom stereocenters. The summed E-state index contributed by atoms with van der Waals surface area (Å²) in [5, 5.41) is 6.86. The van der Waals surface area contributed by atoms with Crippen LogP contribution in [-0.4, -0.2) is 47.1 Å². The Labute approximate surface area is 191 Å². The SMILES string of the molecule is CC(C)(C)OC(=O)NC1CCC(Nc2cc(B3OC(C)(C)C(C)(C)O3)cc(Cl)n2)CC1. The Morgan fingerprint density at radius 3 is 2.19 bits per heavy atom. The highest BCUT2D eigenvalue weighted by atomic mass is 35.5. The summed E-state index contributed by atoms with van der Waals surface area (Å²) < 4.78 is 17.6. The van der Waals surface area contributed by atoms with Crippen molar-refractivity contribution in [2.75, 3.05) is 5.32 Å². The third-order valence-corrected chi connectivity index (χ3v) is 6.34. The van der Waals surface area contributed by atoms with Crippen LogP contribution < -0.4 is 16.1 Å². The highest BCUT2D eigenvalue weighted by molar-refractivity contribution is 6.62. The number of carbonyl (C=O) groups excluding carboxylic acids is 1. The minimum atomic E-state index is -0.490. The number of anilines is 1. The van der Waals surface area contributed by atoms with Crippen LogP contribution in [0.15, 0.2) is 12.1 Å². The maximum absolute atomic E-state index is 12.0. The Kier molecular flexibility index (Phi) is 6.85. The van der Waals surface area contributed by atoms with Crippen molar-refractivity contribution < 1.29 is 18.8 Å². The molecule has 1 aliphatic heterocycles. The number of hydrogen-bond donors (Lipinski definition) is 2. The second-order valence-corrected chi connectivity index (χ2v) is 10.9. The molecule has 0 unspecified atom stereocenters. The van der Waals surface area contributed by atoms with E-state index in [1.165, 1.54) is 0 Å². The van der Waals surface area contributed by atoms with E-state index in [9.17, 15) is 4.79 Å². The molecule has 1 amide bonds. The third-order valence-electron chi connectivity index (χ3n) is 6.14. The van der Waals surface area contributed by atoms with Gasteiger partial charge in [0.05, 0.1) is 11.2 Å². The zero-order valence-electron chi connectivity index (χ0n) is 19.7. The standard InChI is InChI=1S/C22H35BClN3O4/c1-20(2,3)29-19(28)26-16-10-8-15(9-11-16)25-18-13-14(12-17(24)27-18)23-30-21(4,5)22(6,7)31-23/h12-13,15-16H,8-11H2,1-7H3,(H,25,27)(H,26,28). The molecule has 172 valence electrons. The minimum absolute atomic E-state index is 0.125. The van der Waals surface area contributed by atoms with Crippen molar-refractivity contribution in [2.24, 2.45) is 0 Å². The number of rotatable bonds is 4. The van der Waals surface area contributed by atoms with Crippen LogP contribution in [0.4, 0.5) is 10.6 Å². The predicted octanol–water partition coefficient (Wildman–Crippen LogP) is 4.28. The quantitative estimate of drug-likeness (QED) is 0.525. The van der Waals surface area contributed by atoms with Gasteiger partial charge in [0.1, 0.15) is 16.6 Å². The molecule has 9 heteroatoms. The largest absolute Gasteiger partial charge is 0.495 e. The Morgan fingerprint density at radius 1 is 1.10 bits per heavy atom. The van der Waals surface area contributed by atoms with E-state index in [4.69, 9.17) is 25.6 Å². The molecule has 0 radical (unpaired) electrons. The van der Waals surface area contributed by atoms with Crippen LogP contribution in [0.3, 0.4) is 0 Å². The van der Waals surface area contributed by atoms with Gasteiger partial charge in [0.2, 0.25) is 0 Å². The first kappa shape index (κ1) is 24.1. The summed E-state index contributed by atoms with van der Waals surface area (Å²) in [6, 6.07) is 4.12. The predicted molar refractivity (Wildman–Crippen MR) is 124 cm³/mol. The van der Waals surface area contributed by atoms with Crippen molar-refractivity contribution in [3.8, 4) is 0 Å². The molecule has 2 aliphatic rings. The van der Waals surface area contributed by atoms with Crippen LogP contribution in [0.2, 0.25) is 5.15 Å². The lowest BCUT2D eigenvalue weighted by Crippen LogP contribution is -2.42. The van der Waals surface area contributed by atoms with Crippen LogP contribution in [0, 0.1) is 0 Å². The van der Waals surface area contributed by atoms with Crippen molar-refractivity contribution >= 4 is 36.1 Å². The molecule has 0 aromatic carbocycles. The number of alkyl carbamates (subject to hydrolysis) is 1. The number of hydrogen-bond acceptors (Lipinski definition) is 6. The van der Waals surface area contributed by atoms with E-state index in [1.54, 1.807) is 6.07 Å². The van der Waals surface area contributed by atoms with E-state index in [0.29, 0.717) is 11.0 Å². The second kappa shape index (κ2) is 8.79. The van der Waals surface area contributed by atoms with Gasteiger partial charge in [-0.1, -0.05) is 11.6 Å². The van der Waals surface area contributed by atoms with Crippen molar-refractivity contribution in [3.63, 3.8) is 0 Å². The Morgan fingerprint density at radius 2 is 1.65 bits per heavy atom. The van der Waals surface area contributed by atoms with Crippen LogP contribution in [-0.2, 0) is 14.0 Å². The molecule has 2 heterocycles. The van der Waals surface area contributed by atoms with E-state index in [2.05, 4.69) is 15.6 Å². The topological polar surface area (TPSA) is 81.7 Å². The van der Waals surface area contributed by atoms with Gasteiger partial charge in [-0.25, -0.2) is 9.78 Å². The van der Waals surface area contributed by atoms with Gasteiger partial charge >= 0.3 is 13.2 Å². The number of nitrogens with zero attached hydrogens (tertiary/aromatic N) is 1. The first-order valence-corrected chi connectivity index (χ1v) is 11.4. The monoisotopic (exact) mass is 451 g/mol. The highest BCUT2D eigenvalue weighted by Crippen LogP contribution is 2.36. The number of nitrogens with one attached hydrogen (secondary N) is 2. The van der Waals surface area contributed by atoms with Crippen LogP contribution in [0.5, 0.6) is 0 Å². The maximum Gasteiger partial charge on any atom is 0.495 e. The second-order valence-electron chi connectivity index (χ2n) is 10.5. The molecule has 1 aromatic heterocycles. The average Bonchev–Trinajstić information content (AvgIpc) is 2.82. The molecule has 0 bridgehead atoms. The first-order chi connectivity index (χ1) is 14.2. The molecule has 1 aromatic rings. The summed E-state index contributed by atoms with van der Waals surface area (Å²) in [7, 11) is -0.486. The molecule has 7 nitrogen and oxygen atoms in total. The van der Waals surface area contributed by atoms with E-state index in [0.717, 1.165) is 31.1 Å². The molecule has 2 N–H and O–H groups in total. The molecular formula is C22H35BClN3O4. The van der Waals surface area contributed by atoms with Crippen LogP contribution in [0.25, 0.3) is 0 Å². The van der Waals surface area contributed by atoms with E-state index < -0.39 is 23.9 Å². The third kappa shape index (κ3) is 6.27. The lowest BCUT2D eigenvalue weighted by Gasteiger charge is -2.32. The summed E-state index contributed by atoms with van der Waals surface area (Å²) in [6.07, 6.45) is 3.23. The van der Waals surface area contributed by atoms with Crippen LogP contribution in [0.1, 0.15) is 74.1 Å². The van der Waals surface area contributed by atoms with E-state index >= 15 is 0 Å². The number of carbonyl (C=O) groups is 1. The molecule has 1 saturated carbocycles. The van der Waals surface area contributed by atoms with Gasteiger partial charge in [-0.05, 0) is 91.7 Å². The first-order valence-electron chi connectivity index (χ1n) is 11.0. The smallest absolute Gasteiger partial charge is 0.444 e. The van der Waals surface area contributed by atoms with E-state index in [-0.39, 0.29) is 18.2 Å². The van der Waals surface area contributed by atoms with Crippen molar-refractivity contribution in [2.45, 2.75) is 103 Å². The highest BCUT2D eigenvalue weighted by Gasteiger charge is 2.51. The lowest BCUT2D eigenvalue weighted by molar-refractivity contribution is 0.00578. The van der Waals surface area contributed by atoms with Gasteiger partial charge < -0.3 is 24.7 Å². The summed E-state index contributed by atoms with van der Waals surface area (Å²) in [4.78, 5) is 16.4. The van der Waals surface area contributed by atoms with Gasteiger partial charge in [-0.15, -0.1) is 0 Å². The van der Waals surface area contributed by atoms with Gasteiger partial charge in [-0.2, -0.15) is 0 Å². The van der Waals surface area contributed by atoms with Gasteiger partial charge in [0, 0.05) is 12.1 Å². The zero-order valence-corrected chi connectivity index (χ0v) is 20.4. The lowest BCUT2D eigenvalue weighted by atomic mass is 9.79. The number of ether oxygens (including phenoxy) is 1. The summed E-state index contributed by atoms with van der Waals surface area (Å²) in [5.41, 5.74) is -0.474. The minimum Gasteiger partial charge on any atom is -0.444 e. The molecule has 1 aliphatic carbocycles. The van der Waals surface area contributed by atoms with E-state index in [1.807, 2.05) is 54.5 Å². The summed E-state index contributed by atoms with van der Waals surface area (Å²) in [5.74, 6) is 0.709. The molecule has 1 saturated heterocycles. The molecule has 3 rings (SSSR count). The molecule has 0 spiro atoms. The number of aromatic nitrogens is 1. The fourth-order valence-electron chi connectivity index (χ4n) is 3.77. The zero-order chi connectivity index (χ0) is 23.0. The normalized spacial score (nSPS) is 25.2. The van der Waals surface area contributed by atoms with Gasteiger partial charge in [-0.3, -0.25) is 0 Å². The Hall–Kier alpha value is -1.51. The van der Waals surface area contributed by atoms with Gasteiger partial charge in [0.15, 0.2) is 0 Å². The fraction of sp³-hybridized carbons (Fsp3) is 0.727. The molecule has 2 fully saturated rings. The van der Waals surface area contributed by atoms with Crippen molar-refractivity contribution in [3.05, 3.63) is 17.3 Å². The molecular weight excluding hydrogens is 417 g/mol. The van der Waals surface area contributed by atoms with Gasteiger partial charge in [0.25, 0.3) is 0 Å². The Bertz CT molecular complexity index is 788. The Balaban J connectivity index is 1.57. The van der Waals surface area contributed by atoms with Crippen molar-refractivity contribution in [1.82, 2.24) is 10.3 Å². The van der Waals surface area contributed by atoms with Crippen molar-refractivity contribution in [1.29, 1.82) is 0 Å². The average molecular weight is 452 g/mol. The summed E-state index contributed by atoms with van der Waals surface area (Å²) >= 11 is 6.30. The number of amides is 1. The number of halogens is 1. The van der Waals surface area contributed by atoms with Crippen LogP contribution >= 0.6 is 11.6 Å². The maximum atomic E-state index is 12.0. The fourth-order valence-corrected chi connectivity index (χ4v) is 3.99. The summed E-state index contributed by atoms with van der Waals surface area (Å²) in [6.45, 7) is 13.7. The number of pyridine rings is 1. The molecule has 31 heavy (non-hydrogen) atoms.